The van der Waals surface area contributed by atoms with Gasteiger partial charge in [0.25, 0.3) is 5.91 Å². The second kappa shape index (κ2) is 10.1. The normalized spacial score (nSPS) is 14.1. The molecule has 0 saturated heterocycles. The van der Waals surface area contributed by atoms with Crippen LogP contribution in [0, 0.1) is 11.3 Å². The second-order valence-electron chi connectivity index (χ2n) is 7.23. The summed E-state index contributed by atoms with van der Waals surface area (Å²) in [6.45, 7) is 0. The van der Waals surface area contributed by atoms with Gasteiger partial charge >= 0.3 is 0 Å². The molecule has 150 valence electrons. The highest BCUT2D eigenvalue weighted by atomic mass is 32.2. The summed E-state index contributed by atoms with van der Waals surface area (Å²) in [6, 6.07) is 16.6. The molecule has 5 nitrogen and oxygen atoms in total. The number of nitrogens with zero attached hydrogens (tertiary/aromatic N) is 2. The zero-order chi connectivity index (χ0) is 20.6. The first-order valence-electron chi connectivity index (χ1n) is 9.87. The average molecular weight is 408 g/mol. The van der Waals surface area contributed by atoms with Gasteiger partial charge in [-0.15, -0.1) is 11.8 Å². The molecule has 2 aromatic rings. The largest absolute Gasteiger partial charge is 0.339 e. The lowest BCUT2D eigenvalue weighted by Gasteiger charge is -2.31. The Morgan fingerprint density at radius 1 is 1.14 bits per heavy atom. The van der Waals surface area contributed by atoms with Crippen LogP contribution in [-0.4, -0.2) is 35.6 Å². The SMILES string of the molecule is CN(C(=O)c1ccccc1SCC(=O)Nc1cccc(C#N)c1)C1CCCCC1. The predicted molar refractivity (Wildman–Crippen MR) is 116 cm³/mol. The standard InChI is InChI=1S/C23H25N3O2S/c1-26(19-10-3-2-4-11-19)23(28)20-12-5-6-13-21(20)29-16-22(27)25-18-9-7-8-17(14-18)15-24/h5-9,12-14,19H,2-4,10-11,16H2,1H3,(H,25,27). The quantitative estimate of drug-likeness (QED) is 0.705. The van der Waals surface area contributed by atoms with E-state index in [0.29, 0.717) is 22.9 Å². The van der Waals surface area contributed by atoms with Crippen molar-refractivity contribution in [1.82, 2.24) is 4.90 Å². The summed E-state index contributed by atoms with van der Waals surface area (Å²) in [5, 5.41) is 11.8. The Morgan fingerprint density at radius 3 is 2.66 bits per heavy atom. The predicted octanol–water partition coefficient (Wildman–Crippen LogP) is 4.69. The van der Waals surface area contributed by atoms with Crippen LogP contribution in [0.5, 0.6) is 0 Å². The summed E-state index contributed by atoms with van der Waals surface area (Å²) in [5.41, 5.74) is 1.73. The molecule has 29 heavy (non-hydrogen) atoms. The number of thioether (sulfide) groups is 1. The number of anilines is 1. The van der Waals surface area contributed by atoms with Crippen molar-refractivity contribution in [2.24, 2.45) is 0 Å². The Bertz CT molecular complexity index is 916. The first kappa shape index (κ1) is 20.9. The van der Waals surface area contributed by atoms with Crippen LogP contribution in [0.25, 0.3) is 0 Å². The number of hydrogen-bond donors (Lipinski definition) is 1. The van der Waals surface area contributed by atoms with Gasteiger partial charge in [0, 0.05) is 23.7 Å². The maximum atomic E-state index is 13.1. The van der Waals surface area contributed by atoms with Crippen LogP contribution in [0.3, 0.4) is 0 Å². The summed E-state index contributed by atoms with van der Waals surface area (Å²) < 4.78 is 0. The van der Waals surface area contributed by atoms with Crippen LogP contribution in [-0.2, 0) is 4.79 Å². The smallest absolute Gasteiger partial charge is 0.254 e. The second-order valence-corrected chi connectivity index (χ2v) is 8.25. The van der Waals surface area contributed by atoms with E-state index in [9.17, 15) is 9.59 Å². The third kappa shape index (κ3) is 5.61. The molecule has 6 heteroatoms. The van der Waals surface area contributed by atoms with E-state index < -0.39 is 0 Å². The van der Waals surface area contributed by atoms with Gasteiger partial charge in [-0.1, -0.05) is 37.5 Å². The molecule has 1 fully saturated rings. The van der Waals surface area contributed by atoms with Crippen molar-refractivity contribution in [2.75, 3.05) is 18.1 Å². The molecule has 2 aromatic carbocycles. The van der Waals surface area contributed by atoms with E-state index in [1.165, 1.54) is 31.0 Å². The van der Waals surface area contributed by atoms with Gasteiger partial charge in [-0.2, -0.15) is 5.26 Å². The third-order valence-corrected chi connectivity index (χ3v) is 6.27. The molecule has 0 unspecified atom stereocenters. The van der Waals surface area contributed by atoms with Gasteiger partial charge in [-0.25, -0.2) is 0 Å². The molecule has 0 atom stereocenters. The van der Waals surface area contributed by atoms with Crippen LogP contribution >= 0.6 is 11.8 Å². The lowest BCUT2D eigenvalue weighted by Crippen LogP contribution is -2.38. The summed E-state index contributed by atoms with van der Waals surface area (Å²) in [6.07, 6.45) is 5.71. The third-order valence-electron chi connectivity index (χ3n) is 5.19. The Labute approximate surface area is 176 Å². The summed E-state index contributed by atoms with van der Waals surface area (Å²) >= 11 is 1.35. The van der Waals surface area contributed by atoms with E-state index in [0.717, 1.165) is 17.7 Å². The van der Waals surface area contributed by atoms with E-state index >= 15 is 0 Å². The molecule has 2 amide bonds. The van der Waals surface area contributed by atoms with Crippen molar-refractivity contribution in [3.8, 4) is 6.07 Å². The summed E-state index contributed by atoms with van der Waals surface area (Å²) in [5.74, 6) is 0.0314. The highest BCUT2D eigenvalue weighted by molar-refractivity contribution is 8.00. The Balaban J connectivity index is 1.63. The van der Waals surface area contributed by atoms with Crippen molar-refractivity contribution in [1.29, 1.82) is 5.26 Å². The minimum absolute atomic E-state index is 0.0159. The van der Waals surface area contributed by atoms with Crippen LogP contribution in [0.15, 0.2) is 53.4 Å². The molecule has 1 aliphatic carbocycles. The van der Waals surface area contributed by atoms with Gasteiger partial charge in [0.05, 0.1) is 22.9 Å². The van der Waals surface area contributed by atoms with Crippen molar-refractivity contribution < 1.29 is 9.59 Å². The van der Waals surface area contributed by atoms with Crippen LogP contribution in [0.2, 0.25) is 0 Å². The molecule has 0 radical (unpaired) electrons. The zero-order valence-electron chi connectivity index (χ0n) is 16.6. The minimum atomic E-state index is -0.173. The summed E-state index contributed by atoms with van der Waals surface area (Å²) in [4.78, 5) is 28.1. The molecule has 1 saturated carbocycles. The lowest BCUT2D eigenvalue weighted by atomic mass is 9.94. The first-order chi connectivity index (χ1) is 14.1. The van der Waals surface area contributed by atoms with E-state index in [1.807, 2.05) is 36.2 Å². The molecule has 0 spiro atoms. The number of benzene rings is 2. The maximum absolute atomic E-state index is 13.1. The maximum Gasteiger partial charge on any atom is 0.254 e. The topological polar surface area (TPSA) is 73.2 Å². The van der Waals surface area contributed by atoms with Crippen LogP contribution in [0.4, 0.5) is 5.69 Å². The fourth-order valence-electron chi connectivity index (χ4n) is 3.60. The van der Waals surface area contributed by atoms with Crippen molar-refractivity contribution in [3.63, 3.8) is 0 Å². The molecule has 1 aliphatic rings. The number of carbonyl (C=O) groups is 2. The van der Waals surface area contributed by atoms with Crippen LogP contribution in [0.1, 0.15) is 48.0 Å². The van der Waals surface area contributed by atoms with Crippen LogP contribution < -0.4 is 5.32 Å². The van der Waals surface area contributed by atoms with E-state index in [4.69, 9.17) is 5.26 Å². The number of nitrogens with one attached hydrogen (secondary N) is 1. The van der Waals surface area contributed by atoms with E-state index in [2.05, 4.69) is 11.4 Å². The number of hydrogen-bond acceptors (Lipinski definition) is 4. The Morgan fingerprint density at radius 2 is 1.90 bits per heavy atom. The fourth-order valence-corrected chi connectivity index (χ4v) is 4.44. The minimum Gasteiger partial charge on any atom is -0.339 e. The first-order valence-corrected chi connectivity index (χ1v) is 10.9. The fraction of sp³-hybridized carbons (Fsp3) is 0.348. The number of rotatable bonds is 6. The molecule has 1 N–H and O–H groups in total. The molecular formula is C23H25N3O2S. The highest BCUT2D eigenvalue weighted by Crippen LogP contribution is 2.27. The van der Waals surface area contributed by atoms with Gasteiger partial charge < -0.3 is 10.2 Å². The lowest BCUT2D eigenvalue weighted by molar-refractivity contribution is -0.113. The number of nitriles is 1. The van der Waals surface area contributed by atoms with Crippen molar-refractivity contribution in [2.45, 2.75) is 43.0 Å². The zero-order valence-corrected chi connectivity index (χ0v) is 17.4. The highest BCUT2D eigenvalue weighted by Gasteiger charge is 2.24. The molecular weight excluding hydrogens is 382 g/mol. The number of amides is 2. The Hall–Kier alpha value is -2.78. The number of carbonyl (C=O) groups excluding carboxylic acids is 2. The van der Waals surface area contributed by atoms with Gasteiger partial charge in [-0.3, -0.25) is 9.59 Å². The van der Waals surface area contributed by atoms with Crippen molar-refractivity contribution in [3.05, 3.63) is 59.7 Å². The monoisotopic (exact) mass is 407 g/mol. The molecule has 3 rings (SSSR count). The molecule has 0 aromatic heterocycles. The summed E-state index contributed by atoms with van der Waals surface area (Å²) in [7, 11) is 1.88. The van der Waals surface area contributed by atoms with Gasteiger partial charge in [-0.05, 0) is 43.2 Å². The van der Waals surface area contributed by atoms with Gasteiger partial charge in [0.1, 0.15) is 0 Å². The van der Waals surface area contributed by atoms with Gasteiger partial charge in [0.15, 0.2) is 0 Å². The van der Waals surface area contributed by atoms with Crippen molar-refractivity contribution >= 4 is 29.3 Å². The van der Waals surface area contributed by atoms with Gasteiger partial charge in [0.2, 0.25) is 5.91 Å². The van der Waals surface area contributed by atoms with E-state index in [1.54, 1.807) is 24.3 Å². The molecule has 0 heterocycles. The molecule has 0 aliphatic heterocycles. The molecule has 0 bridgehead atoms. The average Bonchev–Trinajstić information content (AvgIpc) is 2.77. The van der Waals surface area contributed by atoms with E-state index in [-0.39, 0.29) is 17.6 Å². The Kier molecular flexibility index (Phi) is 7.31.